The van der Waals surface area contributed by atoms with Crippen LogP contribution in [0.2, 0.25) is 0 Å². The topological polar surface area (TPSA) is 75.3 Å². The highest BCUT2D eigenvalue weighted by Crippen LogP contribution is 2.30. The predicted molar refractivity (Wildman–Crippen MR) is 104 cm³/mol. The van der Waals surface area contributed by atoms with Gasteiger partial charge in [0.25, 0.3) is 0 Å². The molecule has 5 nitrogen and oxygen atoms in total. The number of hydrogen-bond donors (Lipinski definition) is 2. The molecular weight excluding hydrogens is 348 g/mol. The van der Waals surface area contributed by atoms with E-state index in [2.05, 4.69) is 10.0 Å². The van der Waals surface area contributed by atoms with Crippen molar-refractivity contribution in [3.05, 3.63) is 71.1 Å². The number of anilines is 1. The molecule has 0 bridgehead atoms. The van der Waals surface area contributed by atoms with Gasteiger partial charge >= 0.3 is 0 Å². The molecule has 1 amide bonds. The minimum Gasteiger partial charge on any atom is -0.326 e. The first-order chi connectivity index (χ1) is 12.4. The zero-order valence-electron chi connectivity index (χ0n) is 14.6. The van der Waals surface area contributed by atoms with Gasteiger partial charge in [0, 0.05) is 23.1 Å². The summed E-state index contributed by atoms with van der Waals surface area (Å²) in [6, 6.07) is 16.1. The van der Waals surface area contributed by atoms with E-state index in [9.17, 15) is 13.2 Å². The SMILES string of the molecule is CC(NS(=O)(=O)/C=C/c1ccccc1)c1ccc(NC(=O)C2CC2)cc1. The molecule has 0 saturated heterocycles. The van der Waals surface area contributed by atoms with E-state index in [1.54, 1.807) is 25.1 Å². The van der Waals surface area contributed by atoms with Gasteiger partial charge in [0.15, 0.2) is 0 Å². The Morgan fingerprint density at radius 3 is 2.35 bits per heavy atom. The standard InChI is InChI=1S/C20H22N2O3S/c1-15(22-26(24,25)14-13-16-5-3-2-4-6-16)17-9-11-19(12-10-17)21-20(23)18-7-8-18/h2-6,9-15,18,22H,7-8H2,1H3,(H,21,23)/b14-13+. The number of rotatable bonds is 7. The van der Waals surface area contributed by atoms with Crippen LogP contribution < -0.4 is 10.0 Å². The second-order valence-electron chi connectivity index (χ2n) is 6.48. The highest BCUT2D eigenvalue weighted by atomic mass is 32.2. The first kappa shape index (κ1) is 18.4. The molecule has 136 valence electrons. The number of nitrogens with one attached hydrogen (secondary N) is 2. The third-order valence-electron chi connectivity index (χ3n) is 4.21. The van der Waals surface area contributed by atoms with Gasteiger partial charge in [-0.05, 0) is 49.1 Å². The number of carbonyl (C=O) groups excluding carboxylic acids is 1. The van der Waals surface area contributed by atoms with E-state index >= 15 is 0 Å². The quantitative estimate of drug-likeness (QED) is 0.780. The molecule has 2 aromatic rings. The Kier molecular flexibility index (Phi) is 5.54. The normalized spacial score (nSPS) is 15.7. The molecule has 1 aliphatic rings. The highest BCUT2D eigenvalue weighted by molar-refractivity contribution is 7.92. The van der Waals surface area contributed by atoms with Crippen molar-refractivity contribution in [2.75, 3.05) is 5.32 Å². The molecule has 0 aliphatic heterocycles. The molecule has 26 heavy (non-hydrogen) atoms. The lowest BCUT2D eigenvalue weighted by Crippen LogP contribution is -2.24. The van der Waals surface area contributed by atoms with Crippen molar-refractivity contribution in [1.29, 1.82) is 0 Å². The Morgan fingerprint density at radius 2 is 1.73 bits per heavy atom. The summed E-state index contributed by atoms with van der Waals surface area (Å²) in [6.45, 7) is 1.78. The lowest BCUT2D eigenvalue weighted by Gasteiger charge is -2.14. The summed E-state index contributed by atoms with van der Waals surface area (Å²) in [4.78, 5) is 11.8. The number of carbonyl (C=O) groups is 1. The first-order valence-electron chi connectivity index (χ1n) is 8.59. The van der Waals surface area contributed by atoms with Crippen LogP contribution >= 0.6 is 0 Å². The Labute approximate surface area is 154 Å². The monoisotopic (exact) mass is 370 g/mol. The van der Waals surface area contributed by atoms with Gasteiger partial charge in [-0.2, -0.15) is 0 Å². The lowest BCUT2D eigenvalue weighted by molar-refractivity contribution is -0.117. The van der Waals surface area contributed by atoms with Gasteiger partial charge in [0.2, 0.25) is 15.9 Å². The summed E-state index contributed by atoms with van der Waals surface area (Å²) < 4.78 is 27.1. The minimum absolute atomic E-state index is 0.0533. The Balaban J connectivity index is 1.60. The summed E-state index contributed by atoms with van der Waals surface area (Å²) in [5, 5.41) is 4.04. The van der Waals surface area contributed by atoms with Gasteiger partial charge in [0.05, 0.1) is 0 Å². The fourth-order valence-corrected chi connectivity index (χ4v) is 3.57. The molecule has 0 spiro atoms. The first-order valence-corrected chi connectivity index (χ1v) is 10.1. The second kappa shape index (κ2) is 7.85. The summed E-state index contributed by atoms with van der Waals surface area (Å²) in [5.41, 5.74) is 2.37. The number of sulfonamides is 1. The molecule has 3 rings (SSSR count). The zero-order chi connectivity index (χ0) is 18.6. The van der Waals surface area contributed by atoms with Crippen LogP contribution in [-0.2, 0) is 14.8 Å². The Hall–Kier alpha value is -2.44. The van der Waals surface area contributed by atoms with E-state index in [1.165, 1.54) is 5.41 Å². The predicted octanol–water partition coefficient (Wildman–Crippen LogP) is 3.69. The van der Waals surface area contributed by atoms with Gasteiger partial charge in [0.1, 0.15) is 0 Å². The highest BCUT2D eigenvalue weighted by Gasteiger charge is 2.29. The summed E-state index contributed by atoms with van der Waals surface area (Å²) >= 11 is 0. The minimum atomic E-state index is -3.56. The van der Waals surface area contributed by atoms with E-state index in [4.69, 9.17) is 0 Å². The maximum Gasteiger partial charge on any atom is 0.234 e. The van der Waals surface area contributed by atoms with Crippen molar-refractivity contribution in [1.82, 2.24) is 4.72 Å². The van der Waals surface area contributed by atoms with Gasteiger partial charge in [-0.3, -0.25) is 4.79 Å². The molecule has 2 aromatic carbocycles. The van der Waals surface area contributed by atoms with E-state index < -0.39 is 10.0 Å². The molecule has 1 atom stereocenters. The molecule has 6 heteroatoms. The Bertz CT molecular complexity index is 886. The smallest absolute Gasteiger partial charge is 0.234 e. The van der Waals surface area contributed by atoms with Crippen molar-refractivity contribution in [2.45, 2.75) is 25.8 Å². The van der Waals surface area contributed by atoms with Gasteiger partial charge in [-0.25, -0.2) is 13.1 Å². The molecular formula is C20H22N2O3S. The molecule has 0 aromatic heterocycles. The van der Waals surface area contributed by atoms with Crippen LogP contribution in [-0.4, -0.2) is 14.3 Å². The molecule has 0 heterocycles. The number of benzene rings is 2. The molecule has 2 N–H and O–H groups in total. The number of amides is 1. The van der Waals surface area contributed by atoms with E-state index in [1.807, 2.05) is 42.5 Å². The fraction of sp³-hybridized carbons (Fsp3) is 0.250. The van der Waals surface area contributed by atoms with Gasteiger partial charge in [-0.15, -0.1) is 0 Å². The summed E-state index contributed by atoms with van der Waals surface area (Å²) in [6.07, 6.45) is 3.48. The van der Waals surface area contributed by atoms with Crippen LogP contribution in [0.15, 0.2) is 60.0 Å². The summed E-state index contributed by atoms with van der Waals surface area (Å²) in [7, 11) is -3.56. The zero-order valence-corrected chi connectivity index (χ0v) is 15.4. The largest absolute Gasteiger partial charge is 0.326 e. The van der Waals surface area contributed by atoms with Crippen molar-refractivity contribution in [2.24, 2.45) is 5.92 Å². The van der Waals surface area contributed by atoms with Gasteiger partial charge in [-0.1, -0.05) is 42.5 Å². The van der Waals surface area contributed by atoms with Crippen molar-refractivity contribution < 1.29 is 13.2 Å². The average molecular weight is 370 g/mol. The van der Waals surface area contributed by atoms with Crippen molar-refractivity contribution in [3.8, 4) is 0 Å². The Morgan fingerprint density at radius 1 is 1.08 bits per heavy atom. The van der Waals surface area contributed by atoms with Crippen molar-refractivity contribution >= 4 is 27.7 Å². The third kappa shape index (κ3) is 5.28. The maximum atomic E-state index is 12.2. The molecule has 1 fully saturated rings. The third-order valence-corrected chi connectivity index (χ3v) is 5.38. The molecule has 0 radical (unpaired) electrons. The van der Waals surface area contributed by atoms with Gasteiger partial charge < -0.3 is 5.32 Å². The van der Waals surface area contributed by atoms with Crippen LogP contribution in [0.5, 0.6) is 0 Å². The molecule has 1 aliphatic carbocycles. The lowest BCUT2D eigenvalue weighted by atomic mass is 10.1. The van der Waals surface area contributed by atoms with Crippen LogP contribution in [0.4, 0.5) is 5.69 Å². The van der Waals surface area contributed by atoms with Crippen LogP contribution in [0, 0.1) is 5.92 Å². The number of hydrogen-bond acceptors (Lipinski definition) is 3. The molecule has 1 unspecified atom stereocenters. The van der Waals surface area contributed by atoms with E-state index in [0.717, 1.165) is 29.7 Å². The average Bonchev–Trinajstić information content (AvgIpc) is 3.46. The summed E-state index contributed by atoms with van der Waals surface area (Å²) in [5.74, 6) is 0.203. The molecule has 1 saturated carbocycles. The second-order valence-corrected chi connectivity index (χ2v) is 8.08. The van der Waals surface area contributed by atoms with Crippen LogP contribution in [0.3, 0.4) is 0 Å². The van der Waals surface area contributed by atoms with Crippen LogP contribution in [0.1, 0.15) is 36.9 Å². The van der Waals surface area contributed by atoms with Crippen molar-refractivity contribution in [3.63, 3.8) is 0 Å². The fourth-order valence-electron chi connectivity index (χ4n) is 2.53. The van der Waals surface area contributed by atoms with E-state index in [-0.39, 0.29) is 17.9 Å². The maximum absolute atomic E-state index is 12.2. The van der Waals surface area contributed by atoms with E-state index in [0.29, 0.717) is 0 Å². The van der Waals surface area contributed by atoms with Crippen LogP contribution in [0.25, 0.3) is 6.08 Å².